The summed E-state index contributed by atoms with van der Waals surface area (Å²) >= 11 is 0. The molecule has 0 spiro atoms. The van der Waals surface area contributed by atoms with E-state index >= 15 is 0 Å². The first-order chi connectivity index (χ1) is 8.61. The molecule has 1 aromatic rings. The third kappa shape index (κ3) is 2.76. The number of morpholine rings is 1. The average Bonchev–Trinajstić information content (AvgIpc) is 2.38. The van der Waals surface area contributed by atoms with Crippen LogP contribution in [-0.4, -0.2) is 42.9 Å². The van der Waals surface area contributed by atoms with Gasteiger partial charge in [-0.05, 0) is 31.5 Å². The van der Waals surface area contributed by atoms with Crippen molar-refractivity contribution in [1.82, 2.24) is 4.90 Å². The Hall–Kier alpha value is -1.26. The number of ether oxygens (including phenoxy) is 2. The molecule has 2 rings (SSSR count). The summed E-state index contributed by atoms with van der Waals surface area (Å²) in [5.74, 6) is 0.712. The summed E-state index contributed by atoms with van der Waals surface area (Å²) in [7, 11) is 1.57. The van der Waals surface area contributed by atoms with Gasteiger partial charge in [0, 0.05) is 19.1 Å². The van der Waals surface area contributed by atoms with Crippen LogP contribution in [-0.2, 0) is 4.74 Å². The summed E-state index contributed by atoms with van der Waals surface area (Å²) < 4.78 is 10.7. The fourth-order valence-corrected chi connectivity index (χ4v) is 2.36. The monoisotopic (exact) mass is 251 g/mol. The van der Waals surface area contributed by atoms with Crippen LogP contribution in [0.5, 0.6) is 11.5 Å². The van der Waals surface area contributed by atoms with Crippen molar-refractivity contribution in [2.24, 2.45) is 0 Å². The predicted octanol–water partition coefficient (Wildman–Crippen LogP) is 2.18. The maximum Gasteiger partial charge on any atom is 0.160 e. The van der Waals surface area contributed by atoms with Gasteiger partial charge in [-0.3, -0.25) is 4.90 Å². The second-order valence-corrected chi connectivity index (χ2v) is 4.78. The molecule has 1 saturated heterocycles. The highest BCUT2D eigenvalue weighted by atomic mass is 16.5. The zero-order valence-electron chi connectivity index (χ0n) is 11.2. The summed E-state index contributed by atoms with van der Waals surface area (Å²) in [5, 5.41) is 9.61. The normalized spacial score (nSPS) is 22.7. The Morgan fingerprint density at radius 2 is 2.28 bits per heavy atom. The number of phenolic OH excluding ortho intramolecular Hbond substituents is 1. The van der Waals surface area contributed by atoms with E-state index in [9.17, 15) is 5.11 Å². The third-order valence-electron chi connectivity index (χ3n) is 3.51. The lowest BCUT2D eigenvalue weighted by atomic mass is 10.1. The van der Waals surface area contributed by atoms with E-state index in [2.05, 4.69) is 18.7 Å². The van der Waals surface area contributed by atoms with Crippen LogP contribution in [0.1, 0.15) is 25.5 Å². The van der Waals surface area contributed by atoms with Crippen molar-refractivity contribution < 1.29 is 14.6 Å². The van der Waals surface area contributed by atoms with Gasteiger partial charge in [-0.25, -0.2) is 0 Å². The van der Waals surface area contributed by atoms with Gasteiger partial charge >= 0.3 is 0 Å². The van der Waals surface area contributed by atoms with Crippen LogP contribution in [0.15, 0.2) is 18.2 Å². The van der Waals surface area contributed by atoms with E-state index in [0.29, 0.717) is 11.8 Å². The molecule has 1 N–H and O–H groups in total. The maximum absolute atomic E-state index is 9.61. The van der Waals surface area contributed by atoms with Gasteiger partial charge in [-0.15, -0.1) is 0 Å². The van der Waals surface area contributed by atoms with E-state index in [-0.39, 0.29) is 11.9 Å². The first-order valence-electron chi connectivity index (χ1n) is 6.34. The minimum atomic E-state index is 0.184. The number of aromatic hydroxyl groups is 1. The molecule has 2 atom stereocenters. The highest BCUT2D eigenvalue weighted by molar-refractivity contribution is 5.42. The lowest BCUT2D eigenvalue weighted by Gasteiger charge is -2.35. The molecule has 1 aliphatic heterocycles. The van der Waals surface area contributed by atoms with Crippen LogP contribution in [0.4, 0.5) is 0 Å². The SMILES string of the molecule is COc1cc(C(C)N2CCOC(C)C2)ccc1O. The van der Waals surface area contributed by atoms with Gasteiger partial charge in [-0.2, -0.15) is 0 Å². The van der Waals surface area contributed by atoms with Gasteiger partial charge in [0.1, 0.15) is 0 Å². The third-order valence-corrected chi connectivity index (χ3v) is 3.51. The summed E-state index contributed by atoms with van der Waals surface area (Å²) in [5.41, 5.74) is 1.15. The highest BCUT2D eigenvalue weighted by Crippen LogP contribution is 2.31. The average molecular weight is 251 g/mol. The Morgan fingerprint density at radius 3 is 2.94 bits per heavy atom. The van der Waals surface area contributed by atoms with Crippen molar-refractivity contribution in [2.75, 3.05) is 26.8 Å². The first kappa shape index (κ1) is 13.2. The topological polar surface area (TPSA) is 41.9 Å². The Balaban J connectivity index is 2.14. The molecule has 1 heterocycles. The molecular weight excluding hydrogens is 230 g/mol. The molecule has 0 saturated carbocycles. The van der Waals surface area contributed by atoms with Crippen molar-refractivity contribution in [3.8, 4) is 11.5 Å². The lowest BCUT2D eigenvalue weighted by Crippen LogP contribution is -2.42. The van der Waals surface area contributed by atoms with E-state index in [4.69, 9.17) is 9.47 Å². The summed E-state index contributed by atoms with van der Waals surface area (Å²) in [4.78, 5) is 2.39. The molecule has 2 unspecified atom stereocenters. The Kier molecular flexibility index (Phi) is 4.09. The molecule has 0 aliphatic carbocycles. The van der Waals surface area contributed by atoms with Gasteiger partial charge in [0.2, 0.25) is 0 Å². The van der Waals surface area contributed by atoms with Crippen LogP contribution in [0, 0.1) is 0 Å². The predicted molar refractivity (Wildman–Crippen MR) is 70.1 cm³/mol. The van der Waals surface area contributed by atoms with E-state index in [1.807, 2.05) is 12.1 Å². The highest BCUT2D eigenvalue weighted by Gasteiger charge is 2.22. The van der Waals surface area contributed by atoms with Crippen LogP contribution in [0.2, 0.25) is 0 Å². The largest absolute Gasteiger partial charge is 0.504 e. The molecule has 0 radical (unpaired) electrons. The van der Waals surface area contributed by atoms with Crippen molar-refractivity contribution in [3.63, 3.8) is 0 Å². The second-order valence-electron chi connectivity index (χ2n) is 4.78. The van der Waals surface area contributed by atoms with Crippen molar-refractivity contribution in [2.45, 2.75) is 26.0 Å². The molecule has 1 fully saturated rings. The van der Waals surface area contributed by atoms with Gasteiger partial charge < -0.3 is 14.6 Å². The standard InChI is InChI=1S/C14H21NO3/c1-10-9-15(6-7-18-10)11(2)12-4-5-13(16)14(8-12)17-3/h4-5,8,10-11,16H,6-7,9H2,1-3H3. The maximum atomic E-state index is 9.61. The Labute approximate surface area is 108 Å². The van der Waals surface area contributed by atoms with Gasteiger partial charge in [0.05, 0.1) is 19.8 Å². The number of methoxy groups -OCH3 is 1. The van der Waals surface area contributed by atoms with E-state index in [0.717, 1.165) is 25.3 Å². The number of nitrogens with zero attached hydrogens (tertiary/aromatic N) is 1. The Morgan fingerprint density at radius 1 is 1.50 bits per heavy atom. The minimum Gasteiger partial charge on any atom is -0.504 e. The van der Waals surface area contributed by atoms with Gasteiger partial charge in [-0.1, -0.05) is 6.07 Å². The van der Waals surface area contributed by atoms with E-state index in [1.165, 1.54) is 0 Å². The molecule has 1 aromatic carbocycles. The molecule has 4 nitrogen and oxygen atoms in total. The van der Waals surface area contributed by atoms with Crippen molar-refractivity contribution >= 4 is 0 Å². The van der Waals surface area contributed by atoms with E-state index in [1.54, 1.807) is 13.2 Å². The molecule has 0 aromatic heterocycles. The molecule has 0 bridgehead atoms. The number of phenols is 1. The Bertz CT molecular complexity index is 408. The molecule has 100 valence electrons. The summed E-state index contributed by atoms with van der Waals surface area (Å²) in [6.45, 7) is 6.92. The number of benzene rings is 1. The van der Waals surface area contributed by atoms with Gasteiger partial charge in [0.15, 0.2) is 11.5 Å². The molecule has 18 heavy (non-hydrogen) atoms. The number of rotatable bonds is 3. The molecule has 4 heteroatoms. The van der Waals surface area contributed by atoms with Crippen LogP contribution in [0.25, 0.3) is 0 Å². The fraction of sp³-hybridized carbons (Fsp3) is 0.571. The zero-order valence-corrected chi connectivity index (χ0v) is 11.2. The number of hydrogen-bond acceptors (Lipinski definition) is 4. The molecule has 0 amide bonds. The quantitative estimate of drug-likeness (QED) is 0.894. The zero-order chi connectivity index (χ0) is 13.1. The minimum absolute atomic E-state index is 0.184. The van der Waals surface area contributed by atoms with Crippen LogP contribution >= 0.6 is 0 Å². The fourth-order valence-electron chi connectivity index (χ4n) is 2.36. The molecule has 1 aliphatic rings. The summed E-state index contributed by atoms with van der Waals surface area (Å²) in [6.07, 6.45) is 0.278. The van der Waals surface area contributed by atoms with Crippen molar-refractivity contribution in [1.29, 1.82) is 0 Å². The lowest BCUT2D eigenvalue weighted by molar-refractivity contribution is -0.0319. The second kappa shape index (κ2) is 5.59. The smallest absolute Gasteiger partial charge is 0.160 e. The van der Waals surface area contributed by atoms with Crippen molar-refractivity contribution in [3.05, 3.63) is 23.8 Å². The van der Waals surface area contributed by atoms with E-state index < -0.39 is 0 Å². The van der Waals surface area contributed by atoms with Gasteiger partial charge in [0.25, 0.3) is 0 Å². The van der Waals surface area contributed by atoms with Crippen LogP contribution < -0.4 is 4.74 Å². The molecular formula is C14H21NO3. The summed E-state index contributed by atoms with van der Waals surface area (Å²) in [6, 6.07) is 5.84. The number of hydrogen-bond donors (Lipinski definition) is 1. The first-order valence-corrected chi connectivity index (χ1v) is 6.34. The van der Waals surface area contributed by atoms with Crippen LogP contribution in [0.3, 0.4) is 0 Å².